The first kappa shape index (κ1) is 21.7. The average Bonchev–Trinajstić information content (AvgIpc) is 2.75. The highest BCUT2D eigenvalue weighted by Crippen LogP contribution is 2.44. The number of carbonyl (C=O) groups excluding carboxylic acids is 2. The second-order valence-electron chi connectivity index (χ2n) is 7.48. The van der Waals surface area contributed by atoms with Gasteiger partial charge in [0, 0.05) is 13.1 Å². The molecule has 0 heterocycles. The molecule has 1 fully saturated rings. The van der Waals surface area contributed by atoms with Crippen molar-refractivity contribution in [3.63, 3.8) is 0 Å². The molecule has 0 unspecified atom stereocenters. The minimum atomic E-state index is -0.609. The van der Waals surface area contributed by atoms with Crippen LogP contribution in [-0.2, 0) is 26.3 Å². The number of ether oxygens (including phenoxy) is 3. The van der Waals surface area contributed by atoms with Gasteiger partial charge in [-0.3, -0.25) is 9.59 Å². The van der Waals surface area contributed by atoms with Gasteiger partial charge >= 0.3 is 5.97 Å². The van der Waals surface area contributed by atoms with Crippen molar-refractivity contribution in [3.05, 3.63) is 59.7 Å². The summed E-state index contributed by atoms with van der Waals surface area (Å²) in [6, 6.07) is 15.2. The zero-order chi connectivity index (χ0) is 21.6. The van der Waals surface area contributed by atoms with Crippen LogP contribution in [0.4, 0.5) is 0 Å². The minimum Gasteiger partial charge on any atom is -0.493 e. The molecule has 2 aromatic rings. The molecule has 30 heavy (non-hydrogen) atoms. The third-order valence-corrected chi connectivity index (χ3v) is 5.81. The van der Waals surface area contributed by atoms with Crippen LogP contribution < -0.4 is 9.47 Å². The summed E-state index contributed by atoms with van der Waals surface area (Å²) in [5.74, 6) is 0.717. The number of methoxy groups -OCH3 is 2. The largest absolute Gasteiger partial charge is 0.493 e. The molecule has 0 atom stereocenters. The fraction of sp³-hybridized carbons (Fsp3) is 0.417. The molecule has 1 saturated carbocycles. The molecule has 0 aromatic heterocycles. The number of esters is 1. The van der Waals surface area contributed by atoms with Gasteiger partial charge in [-0.25, -0.2) is 0 Å². The number of hydrogen-bond donors (Lipinski definition) is 0. The molecule has 6 nitrogen and oxygen atoms in total. The fourth-order valence-electron chi connectivity index (χ4n) is 3.83. The summed E-state index contributed by atoms with van der Waals surface area (Å²) in [6.45, 7) is 2.55. The lowest BCUT2D eigenvalue weighted by atomic mass is 9.64. The molecule has 1 aliphatic carbocycles. The summed E-state index contributed by atoms with van der Waals surface area (Å²) >= 11 is 0. The van der Waals surface area contributed by atoms with Crippen molar-refractivity contribution in [1.82, 2.24) is 4.90 Å². The van der Waals surface area contributed by atoms with E-state index in [2.05, 4.69) is 0 Å². The summed E-state index contributed by atoms with van der Waals surface area (Å²) in [5, 5.41) is 0. The van der Waals surface area contributed by atoms with E-state index in [1.165, 1.54) is 0 Å². The molecule has 1 amide bonds. The molecule has 3 rings (SSSR count). The lowest BCUT2D eigenvalue weighted by Gasteiger charge is -2.39. The Morgan fingerprint density at radius 3 is 2.27 bits per heavy atom. The van der Waals surface area contributed by atoms with Gasteiger partial charge in [-0.2, -0.15) is 0 Å². The monoisotopic (exact) mass is 411 g/mol. The van der Waals surface area contributed by atoms with E-state index in [1.807, 2.05) is 55.5 Å². The Bertz CT molecular complexity index is 876. The minimum absolute atomic E-state index is 0.219. The number of hydrogen-bond acceptors (Lipinski definition) is 5. The maximum Gasteiger partial charge on any atom is 0.317 e. The van der Waals surface area contributed by atoms with Crippen LogP contribution in [0.15, 0.2) is 48.5 Å². The van der Waals surface area contributed by atoms with E-state index in [0.717, 1.165) is 30.4 Å². The van der Waals surface area contributed by atoms with Gasteiger partial charge in [-0.05, 0) is 43.0 Å². The highest BCUT2D eigenvalue weighted by atomic mass is 16.5. The van der Waals surface area contributed by atoms with Gasteiger partial charge in [0.2, 0.25) is 0 Å². The summed E-state index contributed by atoms with van der Waals surface area (Å²) in [7, 11) is 3.16. The standard InChI is InChI=1S/C24H29NO5/c1-4-25(16-18-11-12-20(28-2)21(15-18)29-3)22(26)17-30-23(27)24(13-8-14-24)19-9-6-5-7-10-19/h5-7,9-12,15H,4,8,13-14,16-17H2,1-3H3. The fourth-order valence-corrected chi connectivity index (χ4v) is 3.83. The van der Waals surface area contributed by atoms with E-state index in [9.17, 15) is 9.59 Å². The molecule has 160 valence electrons. The SMILES string of the molecule is CCN(Cc1ccc(OC)c(OC)c1)C(=O)COC(=O)C1(c2ccccc2)CCC1. The van der Waals surface area contributed by atoms with Crippen LogP contribution in [0, 0.1) is 0 Å². The Morgan fingerprint density at radius 1 is 1.00 bits per heavy atom. The van der Waals surface area contributed by atoms with Crippen LogP contribution in [0.1, 0.15) is 37.3 Å². The van der Waals surface area contributed by atoms with Crippen molar-refractivity contribution in [2.75, 3.05) is 27.4 Å². The van der Waals surface area contributed by atoms with Gasteiger partial charge < -0.3 is 19.1 Å². The Balaban J connectivity index is 1.62. The predicted molar refractivity (Wildman–Crippen MR) is 114 cm³/mol. The molecule has 0 bridgehead atoms. The van der Waals surface area contributed by atoms with Gasteiger partial charge in [0.25, 0.3) is 5.91 Å². The average molecular weight is 411 g/mol. The van der Waals surface area contributed by atoms with E-state index in [0.29, 0.717) is 24.6 Å². The van der Waals surface area contributed by atoms with Crippen LogP contribution >= 0.6 is 0 Å². The van der Waals surface area contributed by atoms with Crippen molar-refractivity contribution in [3.8, 4) is 11.5 Å². The van der Waals surface area contributed by atoms with Crippen molar-refractivity contribution in [2.45, 2.75) is 38.1 Å². The number of benzene rings is 2. The normalized spacial score (nSPS) is 14.4. The van der Waals surface area contributed by atoms with Gasteiger partial charge in [-0.15, -0.1) is 0 Å². The van der Waals surface area contributed by atoms with Gasteiger partial charge in [0.1, 0.15) is 0 Å². The van der Waals surface area contributed by atoms with E-state index < -0.39 is 5.41 Å². The lowest BCUT2D eigenvalue weighted by molar-refractivity contribution is -0.160. The zero-order valence-electron chi connectivity index (χ0n) is 17.8. The topological polar surface area (TPSA) is 65.1 Å². The van der Waals surface area contributed by atoms with E-state index in [1.54, 1.807) is 19.1 Å². The highest BCUT2D eigenvalue weighted by molar-refractivity contribution is 5.87. The molecule has 0 saturated heterocycles. The lowest BCUT2D eigenvalue weighted by Crippen LogP contribution is -2.45. The quantitative estimate of drug-likeness (QED) is 0.589. The first-order valence-electron chi connectivity index (χ1n) is 10.3. The summed E-state index contributed by atoms with van der Waals surface area (Å²) in [5.41, 5.74) is 1.27. The van der Waals surface area contributed by atoms with E-state index >= 15 is 0 Å². The molecule has 0 spiro atoms. The van der Waals surface area contributed by atoms with Gasteiger partial charge in [-0.1, -0.05) is 42.8 Å². The summed E-state index contributed by atoms with van der Waals surface area (Å²) < 4.78 is 16.1. The van der Waals surface area contributed by atoms with E-state index in [4.69, 9.17) is 14.2 Å². The number of nitrogens with zero attached hydrogens (tertiary/aromatic N) is 1. The molecular weight excluding hydrogens is 382 g/mol. The Morgan fingerprint density at radius 2 is 1.70 bits per heavy atom. The van der Waals surface area contributed by atoms with Crippen molar-refractivity contribution >= 4 is 11.9 Å². The van der Waals surface area contributed by atoms with Crippen LogP contribution in [-0.4, -0.2) is 44.1 Å². The first-order chi connectivity index (χ1) is 14.5. The number of amides is 1. The Hall–Kier alpha value is -3.02. The third-order valence-electron chi connectivity index (χ3n) is 5.81. The summed E-state index contributed by atoms with van der Waals surface area (Å²) in [6.07, 6.45) is 2.50. The second-order valence-corrected chi connectivity index (χ2v) is 7.48. The highest BCUT2D eigenvalue weighted by Gasteiger charge is 2.47. The van der Waals surface area contributed by atoms with Crippen LogP contribution in [0.25, 0.3) is 0 Å². The maximum absolute atomic E-state index is 12.9. The Labute approximate surface area is 177 Å². The van der Waals surface area contributed by atoms with Crippen molar-refractivity contribution in [1.29, 1.82) is 0 Å². The second kappa shape index (κ2) is 9.65. The number of carbonyl (C=O) groups is 2. The van der Waals surface area contributed by atoms with Gasteiger partial charge in [0.05, 0.1) is 19.6 Å². The van der Waals surface area contributed by atoms with Crippen LogP contribution in [0.5, 0.6) is 11.5 Å². The third kappa shape index (κ3) is 4.42. The van der Waals surface area contributed by atoms with E-state index in [-0.39, 0.29) is 18.5 Å². The van der Waals surface area contributed by atoms with Crippen LogP contribution in [0.2, 0.25) is 0 Å². The Kier molecular flexibility index (Phi) is 6.98. The molecule has 1 aliphatic rings. The predicted octanol–water partition coefficient (Wildman–Crippen LogP) is 3.72. The molecule has 6 heteroatoms. The molecule has 0 radical (unpaired) electrons. The van der Waals surface area contributed by atoms with Gasteiger partial charge in [0.15, 0.2) is 18.1 Å². The molecule has 0 N–H and O–H groups in total. The molecular formula is C24H29NO5. The molecule has 2 aromatic carbocycles. The number of rotatable bonds is 9. The van der Waals surface area contributed by atoms with Crippen molar-refractivity contribution < 1.29 is 23.8 Å². The zero-order valence-corrected chi connectivity index (χ0v) is 17.8. The summed E-state index contributed by atoms with van der Waals surface area (Å²) in [4.78, 5) is 27.2. The van der Waals surface area contributed by atoms with Crippen molar-refractivity contribution in [2.24, 2.45) is 0 Å². The molecule has 0 aliphatic heterocycles. The smallest absolute Gasteiger partial charge is 0.317 e. The first-order valence-corrected chi connectivity index (χ1v) is 10.3. The number of likely N-dealkylation sites (N-methyl/N-ethyl adjacent to an activating group) is 1. The maximum atomic E-state index is 12.9. The van der Waals surface area contributed by atoms with Crippen LogP contribution in [0.3, 0.4) is 0 Å².